The van der Waals surface area contributed by atoms with Crippen LogP contribution in [0.5, 0.6) is 16.7 Å². The number of furan rings is 1. The fourth-order valence-corrected chi connectivity index (χ4v) is 5.43. The molecule has 1 aliphatic rings. The molecule has 1 atom stereocenters. The highest BCUT2D eigenvalue weighted by molar-refractivity contribution is 7.18. The van der Waals surface area contributed by atoms with Gasteiger partial charge in [0.15, 0.2) is 5.76 Å². The number of aryl methyl sites for hydroxylation is 1. The van der Waals surface area contributed by atoms with E-state index in [1.165, 1.54) is 22.6 Å². The predicted octanol–water partition coefficient (Wildman–Crippen LogP) is 5.83. The molecule has 1 saturated heterocycles. The number of ether oxygens (including phenoxy) is 3. The van der Waals surface area contributed by atoms with Gasteiger partial charge in [0.25, 0.3) is 5.19 Å². The Bertz CT molecular complexity index is 1470. The normalized spacial score (nSPS) is 16.1. The van der Waals surface area contributed by atoms with Gasteiger partial charge in [0.05, 0.1) is 32.4 Å². The number of hydrogen-bond acceptors (Lipinski definition) is 8. The van der Waals surface area contributed by atoms with E-state index in [0.29, 0.717) is 40.5 Å². The zero-order valence-corrected chi connectivity index (χ0v) is 21.4. The van der Waals surface area contributed by atoms with Crippen molar-refractivity contribution in [1.29, 1.82) is 0 Å². The minimum Gasteiger partial charge on any atom is -0.496 e. The molecule has 8 nitrogen and oxygen atoms in total. The molecule has 9 heteroatoms. The van der Waals surface area contributed by atoms with Crippen molar-refractivity contribution in [2.75, 3.05) is 38.8 Å². The molecule has 0 radical (unpaired) electrons. The van der Waals surface area contributed by atoms with E-state index < -0.39 is 0 Å². The van der Waals surface area contributed by atoms with Crippen LogP contribution in [0.2, 0.25) is 0 Å². The minimum absolute atomic E-state index is 0.439. The van der Waals surface area contributed by atoms with E-state index >= 15 is 0 Å². The third kappa shape index (κ3) is 4.35. The predicted molar refractivity (Wildman–Crippen MR) is 141 cm³/mol. The van der Waals surface area contributed by atoms with Gasteiger partial charge in [-0.05, 0) is 49.3 Å². The molecule has 0 bridgehead atoms. The van der Waals surface area contributed by atoms with Crippen molar-refractivity contribution in [3.63, 3.8) is 0 Å². The van der Waals surface area contributed by atoms with Crippen molar-refractivity contribution in [3.8, 4) is 28.1 Å². The first-order valence-corrected chi connectivity index (χ1v) is 12.9. The van der Waals surface area contributed by atoms with Crippen LogP contribution in [0.15, 0.2) is 53.1 Å². The van der Waals surface area contributed by atoms with Gasteiger partial charge in [-0.15, -0.1) is 5.10 Å². The van der Waals surface area contributed by atoms with Crippen molar-refractivity contribution in [3.05, 3.63) is 54.2 Å². The van der Waals surface area contributed by atoms with E-state index in [1.807, 2.05) is 24.4 Å². The molecule has 0 aliphatic carbocycles. The first kappa shape index (κ1) is 22.7. The number of aromatic nitrogens is 3. The highest BCUT2D eigenvalue weighted by Gasteiger charge is 2.22. The van der Waals surface area contributed by atoms with Crippen LogP contribution < -0.4 is 19.1 Å². The third-order valence-electron chi connectivity index (χ3n) is 6.65. The summed E-state index contributed by atoms with van der Waals surface area (Å²) in [7, 11) is 3.25. The maximum Gasteiger partial charge on any atom is 0.294 e. The van der Waals surface area contributed by atoms with Gasteiger partial charge in [-0.1, -0.05) is 17.7 Å². The Morgan fingerprint density at radius 1 is 1.11 bits per heavy atom. The summed E-state index contributed by atoms with van der Waals surface area (Å²) in [6.07, 6.45) is 4.14. The Balaban J connectivity index is 1.23. The lowest BCUT2D eigenvalue weighted by Gasteiger charge is -2.34. The van der Waals surface area contributed by atoms with Gasteiger partial charge in [-0.2, -0.15) is 0 Å². The zero-order chi connectivity index (χ0) is 24.6. The van der Waals surface area contributed by atoms with Crippen LogP contribution in [0.1, 0.15) is 18.4 Å². The summed E-state index contributed by atoms with van der Waals surface area (Å²) in [5.41, 5.74) is 3.97. The Hall–Kier alpha value is -3.72. The zero-order valence-electron chi connectivity index (χ0n) is 20.6. The second-order valence-electron chi connectivity index (χ2n) is 9.17. The minimum atomic E-state index is 0.439. The molecule has 186 valence electrons. The first-order valence-electron chi connectivity index (χ1n) is 12.1. The maximum absolute atomic E-state index is 6.41. The van der Waals surface area contributed by atoms with E-state index in [1.54, 1.807) is 18.7 Å². The Kier molecular flexibility index (Phi) is 5.92. The van der Waals surface area contributed by atoms with E-state index in [9.17, 15) is 0 Å². The molecular formula is C27H28N4O4S. The summed E-state index contributed by atoms with van der Waals surface area (Å²) in [6.45, 7) is 4.82. The number of imidazole rings is 1. The lowest BCUT2D eigenvalue weighted by molar-refractivity contribution is 0.230. The summed E-state index contributed by atoms with van der Waals surface area (Å²) in [5, 5.41) is 5.82. The Morgan fingerprint density at radius 3 is 2.75 bits per heavy atom. The highest BCUT2D eigenvalue weighted by Crippen LogP contribution is 2.38. The molecular weight excluding hydrogens is 476 g/mol. The first-order chi connectivity index (χ1) is 17.6. The summed E-state index contributed by atoms with van der Waals surface area (Å²) in [5.74, 6) is 2.55. The molecule has 5 aromatic rings. The van der Waals surface area contributed by atoms with Crippen LogP contribution in [0.4, 0.5) is 5.69 Å². The number of piperidine rings is 1. The molecule has 1 fully saturated rings. The van der Waals surface area contributed by atoms with Gasteiger partial charge >= 0.3 is 0 Å². The molecule has 4 heterocycles. The number of nitrogens with zero attached hydrogens (tertiary/aromatic N) is 4. The highest BCUT2D eigenvalue weighted by atomic mass is 32.1. The van der Waals surface area contributed by atoms with E-state index in [-0.39, 0.29) is 0 Å². The van der Waals surface area contributed by atoms with Crippen molar-refractivity contribution >= 4 is 33.0 Å². The van der Waals surface area contributed by atoms with Gasteiger partial charge < -0.3 is 23.5 Å². The molecule has 0 unspecified atom stereocenters. The van der Waals surface area contributed by atoms with Gasteiger partial charge in [0, 0.05) is 36.8 Å². The number of methoxy groups -OCH3 is 2. The van der Waals surface area contributed by atoms with Crippen LogP contribution >= 0.6 is 11.3 Å². The second-order valence-corrected chi connectivity index (χ2v) is 10.1. The molecule has 3 aromatic heterocycles. The Labute approximate surface area is 213 Å². The number of rotatable bonds is 7. The lowest BCUT2D eigenvalue weighted by Crippen LogP contribution is -2.37. The smallest absolute Gasteiger partial charge is 0.294 e. The molecule has 0 amide bonds. The average molecular weight is 505 g/mol. The molecule has 1 aliphatic heterocycles. The molecule has 36 heavy (non-hydrogen) atoms. The van der Waals surface area contributed by atoms with Crippen LogP contribution in [0.3, 0.4) is 0 Å². The van der Waals surface area contributed by atoms with Crippen LogP contribution in [0.25, 0.3) is 27.4 Å². The monoisotopic (exact) mass is 504 g/mol. The molecule has 0 N–H and O–H groups in total. The van der Waals surface area contributed by atoms with Crippen molar-refractivity contribution in [2.45, 2.75) is 19.8 Å². The van der Waals surface area contributed by atoms with Gasteiger partial charge in [-0.25, -0.2) is 9.50 Å². The van der Waals surface area contributed by atoms with Gasteiger partial charge in [0.1, 0.15) is 22.8 Å². The van der Waals surface area contributed by atoms with Crippen LogP contribution in [-0.4, -0.2) is 48.5 Å². The fraction of sp³-hybridized carbons (Fsp3) is 0.333. The van der Waals surface area contributed by atoms with Crippen molar-refractivity contribution in [1.82, 2.24) is 14.6 Å². The van der Waals surface area contributed by atoms with Gasteiger partial charge in [0.2, 0.25) is 4.96 Å². The quantitative estimate of drug-likeness (QED) is 0.276. The summed E-state index contributed by atoms with van der Waals surface area (Å²) < 4.78 is 25.0. The lowest BCUT2D eigenvalue weighted by atomic mass is 9.98. The summed E-state index contributed by atoms with van der Waals surface area (Å²) >= 11 is 1.38. The number of anilines is 1. The Morgan fingerprint density at radius 2 is 1.97 bits per heavy atom. The number of benzene rings is 2. The van der Waals surface area contributed by atoms with Crippen LogP contribution in [0, 0.1) is 12.8 Å². The fourth-order valence-electron chi connectivity index (χ4n) is 4.73. The maximum atomic E-state index is 6.41. The van der Waals surface area contributed by atoms with Crippen molar-refractivity contribution < 1.29 is 18.6 Å². The summed E-state index contributed by atoms with van der Waals surface area (Å²) in [6, 6.07) is 14.6. The van der Waals surface area contributed by atoms with Gasteiger partial charge in [-0.3, -0.25) is 0 Å². The van der Waals surface area contributed by atoms with Crippen LogP contribution in [-0.2, 0) is 0 Å². The average Bonchev–Trinajstić information content (AvgIpc) is 3.60. The third-order valence-corrected chi connectivity index (χ3v) is 7.54. The number of hydrogen-bond donors (Lipinski definition) is 0. The van der Waals surface area contributed by atoms with E-state index in [4.69, 9.17) is 18.6 Å². The molecule has 0 saturated carbocycles. The summed E-state index contributed by atoms with van der Waals surface area (Å²) in [4.78, 5) is 7.85. The van der Waals surface area contributed by atoms with Crippen molar-refractivity contribution in [2.24, 2.45) is 5.92 Å². The SMILES string of the molecule is COc1cc(OC[C@@H]2CCCN(c3ccc(C)cc3)C2)c2cc(-c3cn4nc(OC)sc4n3)oc2c1. The second kappa shape index (κ2) is 9.39. The van der Waals surface area contributed by atoms with E-state index in [0.717, 1.165) is 42.0 Å². The molecule has 2 aromatic carbocycles. The topological polar surface area (TPSA) is 74.3 Å². The van der Waals surface area contributed by atoms with E-state index in [2.05, 4.69) is 46.2 Å². The molecule has 0 spiro atoms. The number of fused-ring (bicyclic) bond motifs is 2. The largest absolute Gasteiger partial charge is 0.496 e. The standard InChI is InChI=1S/C27H28N4O4S/c1-17-6-8-19(9-7-17)30-10-4-5-18(14-30)16-34-23-11-20(32-2)12-24-21(23)13-25(35-24)22-15-31-26(28-22)36-27(29-31)33-3/h6-9,11-13,15,18H,4-5,10,14,16H2,1-3H3/t18-/m1/s1. The molecule has 6 rings (SSSR count).